The predicted octanol–water partition coefficient (Wildman–Crippen LogP) is 1.77. The molecule has 0 atom stereocenters. The Labute approximate surface area is 84.9 Å². The van der Waals surface area contributed by atoms with Crippen molar-refractivity contribution in [2.75, 3.05) is 0 Å². The third-order valence-electron chi connectivity index (χ3n) is 3.65. The molecule has 0 heterocycles. The first-order chi connectivity index (χ1) is 6.75. The zero-order valence-corrected chi connectivity index (χ0v) is 8.54. The van der Waals surface area contributed by atoms with Gasteiger partial charge in [0.15, 0.2) is 0 Å². The fraction of sp³-hybridized carbons (Fsp3) is 0.909. The number of hydrogen-bond acceptors (Lipinski definition) is 2. The Balaban J connectivity index is 1.69. The Kier molecular flexibility index (Phi) is 3.06. The van der Waals surface area contributed by atoms with Gasteiger partial charge in [0, 0.05) is 12.1 Å². The highest BCUT2D eigenvalue weighted by molar-refractivity contribution is 5.70. The van der Waals surface area contributed by atoms with Crippen LogP contribution in [0.1, 0.15) is 44.9 Å². The van der Waals surface area contributed by atoms with Crippen molar-refractivity contribution < 1.29 is 9.90 Å². The molecule has 0 spiro atoms. The van der Waals surface area contributed by atoms with E-state index in [-0.39, 0.29) is 5.92 Å². The highest BCUT2D eigenvalue weighted by Gasteiger charge is 2.28. The van der Waals surface area contributed by atoms with E-state index < -0.39 is 5.97 Å². The van der Waals surface area contributed by atoms with Gasteiger partial charge in [-0.3, -0.25) is 4.79 Å². The number of rotatable bonds is 3. The molecule has 2 saturated carbocycles. The minimum Gasteiger partial charge on any atom is -0.481 e. The van der Waals surface area contributed by atoms with E-state index in [4.69, 9.17) is 5.11 Å². The van der Waals surface area contributed by atoms with E-state index in [2.05, 4.69) is 5.32 Å². The van der Waals surface area contributed by atoms with Gasteiger partial charge in [0.05, 0.1) is 5.92 Å². The minimum absolute atomic E-state index is 0.0746. The zero-order chi connectivity index (χ0) is 9.97. The minimum atomic E-state index is -0.605. The van der Waals surface area contributed by atoms with Crippen molar-refractivity contribution in [3.05, 3.63) is 0 Å². The average molecular weight is 197 g/mol. The zero-order valence-electron chi connectivity index (χ0n) is 8.54. The lowest BCUT2D eigenvalue weighted by Crippen LogP contribution is -2.44. The molecule has 2 rings (SSSR count). The second-order valence-corrected chi connectivity index (χ2v) is 4.68. The van der Waals surface area contributed by atoms with Gasteiger partial charge in [-0.05, 0) is 38.5 Å². The second kappa shape index (κ2) is 4.30. The summed E-state index contributed by atoms with van der Waals surface area (Å²) in [6.45, 7) is 0. The van der Waals surface area contributed by atoms with E-state index in [0.29, 0.717) is 6.04 Å². The molecule has 80 valence electrons. The molecular weight excluding hydrogens is 178 g/mol. The van der Waals surface area contributed by atoms with Crippen LogP contribution in [0.25, 0.3) is 0 Å². The Bertz CT molecular complexity index is 205. The Morgan fingerprint density at radius 3 is 2.00 bits per heavy atom. The smallest absolute Gasteiger partial charge is 0.306 e. The first-order valence-corrected chi connectivity index (χ1v) is 5.74. The first kappa shape index (κ1) is 9.97. The number of aliphatic carboxylic acids is 1. The lowest BCUT2D eigenvalue weighted by Gasteiger charge is -2.34. The molecule has 0 unspecified atom stereocenters. The summed E-state index contributed by atoms with van der Waals surface area (Å²) in [4.78, 5) is 10.7. The van der Waals surface area contributed by atoms with Crippen LogP contribution in [0, 0.1) is 5.92 Å². The maximum atomic E-state index is 10.7. The molecular formula is C11H19NO2. The van der Waals surface area contributed by atoms with Crippen LogP contribution in [0.5, 0.6) is 0 Å². The van der Waals surface area contributed by atoms with Crippen LogP contribution >= 0.6 is 0 Å². The van der Waals surface area contributed by atoms with Crippen LogP contribution in [0.2, 0.25) is 0 Å². The molecule has 3 heteroatoms. The van der Waals surface area contributed by atoms with Crippen molar-refractivity contribution in [2.45, 2.75) is 57.0 Å². The van der Waals surface area contributed by atoms with Crippen molar-refractivity contribution in [3.63, 3.8) is 0 Å². The van der Waals surface area contributed by atoms with Crippen molar-refractivity contribution in [1.29, 1.82) is 0 Å². The molecule has 0 aromatic heterocycles. The number of nitrogens with one attached hydrogen (secondary N) is 1. The molecule has 2 N–H and O–H groups in total. The molecule has 0 radical (unpaired) electrons. The fourth-order valence-electron chi connectivity index (χ4n) is 2.42. The maximum absolute atomic E-state index is 10.7. The Morgan fingerprint density at radius 1 is 1.00 bits per heavy atom. The standard InChI is InChI=1S/C11H19NO2/c13-11(14)8-4-6-10(7-5-8)12-9-2-1-3-9/h8-10,12H,1-7H2,(H,13,14). The molecule has 0 saturated heterocycles. The third-order valence-corrected chi connectivity index (χ3v) is 3.65. The normalized spacial score (nSPS) is 33.7. The van der Waals surface area contributed by atoms with Crippen LogP contribution in [-0.2, 0) is 4.79 Å². The Hall–Kier alpha value is -0.570. The van der Waals surface area contributed by atoms with E-state index in [1.165, 1.54) is 19.3 Å². The van der Waals surface area contributed by atoms with E-state index in [1.807, 2.05) is 0 Å². The summed E-state index contributed by atoms with van der Waals surface area (Å²) in [5, 5.41) is 12.5. The van der Waals surface area contributed by atoms with E-state index in [9.17, 15) is 4.79 Å². The van der Waals surface area contributed by atoms with Gasteiger partial charge in [-0.15, -0.1) is 0 Å². The van der Waals surface area contributed by atoms with Crippen molar-refractivity contribution >= 4 is 5.97 Å². The summed E-state index contributed by atoms with van der Waals surface area (Å²) in [6.07, 6.45) is 7.82. The van der Waals surface area contributed by atoms with Gasteiger partial charge in [-0.25, -0.2) is 0 Å². The largest absolute Gasteiger partial charge is 0.481 e. The Morgan fingerprint density at radius 2 is 1.57 bits per heavy atom. The molecule has 2 aliphatic carbocycles. The van der Waals surface area contributed by atoms with E-state index in [0.717, 1.165) is 31.7 Å². The molecule has 0 aromatic rings. The van der Waals surface area contributed by atoms with Gasteiger partial charge in [-0.2, -0.15) is 0 Å². The van der Waals surface area contributed by atoms with Crippen LogP contribution in [-0.4, -0.2) is 23.2 Å². The van der Waals surface area contributed by atoms with Crippen molar-refractivity contribution in [2.24, 2.45) is 5.92 Å². The summed E-state index contributed by atoms with van der Waals surface area (Å²) >= 11 is 0. The molecule has 2 fully saturated rings. The van der Waals surface area contributed by atoms with Crippen LogP contribution in [0.4, 0.5) is 0 Å². The van der Waals surface area contributed by atoms with Crippen molar-refractivity contribution in [3.8, 4) is 0 Å². The fourth-order valence-corrected chi connectivity index (χ4v) is 2.42. The predicted molar refractivity (Wildman–Crippen MR) is 54.2 cm³/mol. The molecule has 0 bridgehead atoms. The summed E-state index contributed by atoms with van der Waals surface area (Å²) in [7, 11) is 0. The number of carbonyl (C=O) groups is 1. The summed E-state index contributed by atoms with van der Waals surface area (Å²) in [6, 6.07) is 1.33. The monoisotopic (exact) mass is 197 g/mol. The molecule has 0 aliphatic heterocycles. The second-order valence-electron chi connectivity index (χ2n) is 4.68. The SMILES string of the molecule is O=C(O)C1CCC(NC2CCC2)CC1. The lowest BCUT2D eigenvalue weighted by molar-refractivity contribution is -0.142. The highest BCUT2D eigenvalue weighted by Crippen LogP contribution is 2.27. The van der Waals surface area contributed by atoms with Gasteiger partial charge in [0.25, 0.3) is 0 Å². The molecule has 14 heavy (non-hydrogen) atoms. The van der Waals surface area contributed by atoms with Gasteiger partial charge >= 0.3 is 5.97 Å². The summed E-state index contributed by atoms with van der Waals surface area (Å²) in [5.74, 6) is -0.679. The number of carboxylic acid groups (broad SMARTS) is 1. The van der Waals surface area contributed by atoms with Crippen LogP contribution in [0.3, 0.4) is 0 Å². The molecule has 2 aliphatic rings. The topological polar surface area (TPSA) is 49.3 Å². The summed E-state index contributed by atoms with van der Waals surface area (Å²) in [5.41, 5.74) is 0. The molecule has 0 aromatic carbocycles. The molecule has 0 amide bonds. The van der Waals surface area contributed by atoms with Crippen LogP contribution in [0.15, 0.2) is 0 Å². The van der Waals surface area contributed by atoms with Gasteiger partial charge in [0.1, 0.15) is 0 Å². The molecule has 3 nitrogen and oxygen atoms in total. The van der Waals surface area contributed by atoms with Crippen molar-refractivity contribution in [1.82, 2.24) is 5.32 Å². The quantitative estimate of drug-likeness (QED) is 0.725. The summed E-state index contributed by atoms with van der Waals surface area (Å²) < 4.78 is 0. The lowest BCUT2D eigenvalue weighted by atomic mass is 9.84. The maximum Gasteiger partial charge on any atom is 0.306 e. The van der Waals surface area contributed by atoms with E-state index in [1.54, 1.807) is 0 Å². The number of hydrogen-bond donors (Lipinski definition) is 2. The van der Waals surface area contributed by atoms with Crippen LogP contribution < -0.4 is 5.32 Å². The average Bonchev–Trinajstić information content (AvgIpc) is 2.12. The highest BCUT2D eigenvalue weighted by atomic mass is 16.4. The van der Waals surface area contributed by atoms with Gasteiger partial charge in [-0.1, -0.05) is 6.42 Å². The van der Waals surface area contributed by atoms with Gasteiger partial charge in [0.2, 0.25) is 0 Å². The van der Waals surface area contributed by atoms with Gasteiger partial charge < -0.3 is 10.4 Å². The van der Waals surface area contributed by atoms with E-state index >= 15 is 0 Å². The first-order valence-electron chi connectivity index (χ1n) is 5.74. The number of carboxylic acids is 1. The third kappa shape index (κ3) is 2.27.